The molecule has 33 heavy (non-hydrogen) atoms. The first-order valence-corrected chi connectivity index (χ1v) is 12.9. The molecule has 1 aliphatic heterocycles. The highest BCUT2D eigenvalue weighted by Gasteiger charge is 2.21. The summed E-state index contributed by atoms with van der Waals surface area (Å²) in [5.41, 5.74) is 2.21. The predicted octanol–water partition coefficient (Wildman–Crippen LogP) is 2.89. The van der Waals surface area contributed by atoms with Crippen LogP contribution in [0.25, 0.3) is 11.4 Å². The molecule has 1 aromatic heterocycles. The van der Waals surface area contributed by atoms with E-state index in [9.17, 15) is 4.79 Å². The number of aromatic nitrogens is 3. The number of amides is 1. The maximum Gasteiger partial charge on any atom is 0.230 e. The Kier molecular flexibility index (Phi) is 9.58. The Bertz CT molecular complexity index is 882. The first kappa shape index (κ1) is 25.5. The van der Waals surface area contributed by atoms with Gasteiger partial charge >= 0.3 is 0 Å². The van der Waals surface area contributed by atoms with Crippen LogP contribution in [-0.4, -0.2) is 83.3 Å². The molecule has 1 amide bonds. The molecule has 1 aliphatic rings. The number of carbonyl (C=O) groups excluding carboxylic acids is 1. The van der Waals surface area contributed by atoms with Crippen LogP contribution >= 0.6 is 11.8 Å². The molecule has 2 aromatic rings. The second-order valence-corrected chi connectivity index (χ2v) is 9.77. The van der Waals surface area contributed by atoms with Crippen LogP contribution in [0.3, 0.4) is 0 Å². The molecule has 0 radical (unpaired) electrons. The number of carbonyl (C=O) groups is 1. The van der Waals surface area contributed by atoms with Crippen LogP contribution < -0.4 is 10.2 Å². The lowest BCUT2D eigenvalue weighted by atomic mass is 10.2. The zero-order valence-electron chi connectivity index (χ0n) is 20.6. The van der Waals surface area contributed by atoms with Crippen LogP contribution in [0.2, 0.25) is 0 Å². The number of rotatable bonds is 11. The fourth-order valence-corrected chi connectivity index (χ4v) is 4.84. The maximum absolute atomic E-state index is 12.4. The van der Waals surface area contributed by atoms with E-state index < -0.39 is 0 Å². The van der Waals surface area contributed by atoms with Gasteiger partial charge in [0.15, 0.2) is 11.0 Å². The van der Waals surface area contributed by atoms with Crippen molar-refractivity contribution in [2.45, 2.75) is 39.0 Å². The minimum atomic E-state index is -0.0160. The van der Waals surface area contributed by atoms with Crippen molar-refractivity contribution in [1.82, 2.24) is 25.0 Å². The van der Waals surface area contributed by atoms with Gasteiger partial charge in [-0.1, -0.05) is 25.6 Å². The van der Waals surface area contributed by atoms with Crippen LogP contribution in [-0.2, 0) is 16.6 Å². The van der Waals surface area contributed by atoms with Crippen LogP contribution in [0.1, 0.15) is 27.7 Å². The molecule has 3 rings (SSSR count). The Labute approximate surface area is 202 Å². The number of hydrogen-bond donors (Lipinski definition) is 1. The third-order valence-electron chi connectivity index (χ3n) is 5.79. The number of benzene rings is 1. The summed E-state index contributed by atoms with van der Waals surface area (Å²) in [6.45, 7) is 14.9. The fourth-order valence-electron chi connectivity index (χ4n) is 4.10. The molecule has 1 aromatic carbocycles. The van der Waals surface area contributed by atoms with Crippen LogP contribution in [0.15, 0.2) is 29.4 Å². The Morgan fingerprint density at radius 2 is 1.97 bits per heavy atom. The summed E-state index contributed by atoms with van der Waals surface area (Å²) >= 11 is 1.40. The molecule has 8 nitrogen and oxygen atoms in total. The molecule has 1 N–H and O–H groups in total. The number of ether oxygens (including phenoxy) is 1. The number of nitrogens with zero attached hydrogens (tertiary/aromatic N) is 5. The van der Waals surface area contributed by atoms with Gasteiger partial charge in [0.2, 0.25) is 5.91 Å². The van der Waals surface area contributed by atoms with Gasteiger partial charge in [-0.05, 0) is 44.0 Å². The molecular formula is C24H38N6O2S. The Hall–Kier alpha value is -2.10. The van der Waals surface area contributed by atoms with Gasteiger partial charge in [-0.25, -0.2) is 0 Å². The van der Waals surface area contributed by atoms with E-state index in [-0.39, 0.29) is 12.0 Å². The van der Waals surface area contributed by atoms with Crippen LogP contribution in [0.4, 0.5) is 5.69 Å². The van der Waals surface area contributed by atoms with Crippen LogP contribution in [0.5, 0.6) is 0 Å². The SMILES string of the molecule is CCN(CC)c1ccc(-c2nnc(SCC(=O)NCC3CN(CC(C)C)CCO3)n2C)cc1. The van der Waals surface area contributed by atoms with Crippen molar-refractivity contribution in [1.29, 1.82) is 0 Å². The molecule has 182 valence electrons. The number of morpholine rings is 1. The first-order valence-electron chi connectivity index (χ1n) is 11.9. The summed E-state index contributed by atoms with van der Waals surface area (Å²) in [4.78, 5) is 17.1. The smallest absolute Gasteiger partial charge is 0.230 e. The molecule has 0 saturated carbocycles. The van der Waals surface area contributed by atoms with Crippen molar-refractivity contribution in [2.24, 2.45) is 13.0 Å². The number of anilines is 1. The number of hydrogen-bond acceptors (Lipinski definition) is 7. The van der Waals surface area contributed by atoms with E-state index in [1.165, 1.54) is 17.4 Å². The van der Waals surface area contributed by atoms with E-state index in [2.05, 4.69) is 77.3 Å². The third-order valence-corrected chi connectivity index (χ3v) is 6.81. The second-order valence-electron chi connectivity index (χ2n) is 8.82. The average Bonchev–Trinajstić information content (AvgIpc) is 3.17. The highest BCUT2D eigenvalue weighted by molar-refractivity contribution is 7.99. The van der Waals surface area contributed by atoms with Crippen molar-refractivity contribution < 1.29 is 9.53 Å². The monoisotopic (exact) mass is 474 g/mol. The Morgan fingerprint density at radius 1 is 1.24 bits per heavy atom. The molecule has 1 unspecified atom stereocenters. The molecule has 0 bridgehead atoms. The van der Waals surface area contributed by atoms with Gasteiger partial charge in [0.25, 0.3) is 0 Å². The van der Waals surface area contributed by atoms with Crippen molar-refractivity contribution >= 4 is 23.4 Å². The predicted molar refractivity (Wildman–Crippen MR) is 135 cm³/mol. The summed E-state index contributed by atoms with van der Waals surface area (Å²) in [5.74, 6) is 1.71. The summed E-state index contributed by atoms with van der Waals surface area (Å²) in [7, 11) is 1.94. The molecule has 1 saturated heterocycles. The topological polar surface area (TPSA) is 75.5 Å². The molecule has 9 heteroatoms. The highest BCUT2D eigenvalue weighted by atomic mass is 32.2. The lowest BCUT2D eigenvalue weighted by molar-refractivity contribution is -0.119. The second kappa shape index (κ2) is 12.4. The number of nitrogens with one attached hydrogen (secondary N) is 1. The molecule has 1 fully saturated rings. The van der Waals surface area contributed by atoms with Crippen molar-refractivity contribution in [2.75, 3.05) is 56.5 Å². The van der Waals surface area contributed by atoms with E-state index >= 15 is 0 Å². The quantitative estimate of drug-likeness (QED) is 0.502. The standard InChI is InChI=1S/C24H38N6O2S/c1-6-30(7-2)20-10-8-19(9-11-20)23-26-27-24(28(23)5)33-17-22(31)25-14-21-16-29(12-13-32-21)15-18(3)4/h8-11,18,21H,6-7,12-17H2,1-5H3,(H,25,31). The van der Waals surface area contributed by atoms with E-state index in [0.717, 1.165) is 55.9 Å². The molecule has 1 atom stereocenters. The summed E-state index contributed by atoms with van der Waals surface area (Å²) in [6, 6.07) is 8.39. The maximum atomic E-state index is 12.4. The average molecular weight is 475 g/mol. The van der Waals surface area contributed by atoms with E-state index in [1.54, 1.807) is 0 Å². The Balaban J connectivity index is 1.49. The third kappa shape index (κ3) is 7.19. The highest BCUT2D eigenvalue weighted by Crippen LogP contribution is 2.25. The first-order chi connectivity index (χ1) is 15.9. The largest absolute Gasteiger partial charge is 0.374 e. The molecule has 0 aliphatic carbocycles. The normalized spacial score (nSPS) is 16.8. The zero-order valence-corrected chi connectivity index (χ0v) is 21.4. The minimum Gasteiger partial charge on any atom is -0.374 e. The van der Waals surface area contributed by atoms with Crippen LogP contribution in [0, 0.1) is 5.92 Å². The lowest BCUT2D eigenvalue weighted by Crippen LogP contribution is -2.48. The van der Waals surface area contributed by atoms with E-state index in [0.29, 0.717) is 18.2 Å². The van der Waals surface area contributed by atoms with Gasteiger partial charge < -0.3 is 19.5 Å². The summed E-state index contributed by atoms with van der Waals surface area (Å²) in [5, 5.41) is 12.4. The van der Waals surface area contributed by atoms with Crippen molar-refractivity contribution in [3.05, 3.63) is 24.3 Å². The lowest BCUT2D eigenvalue weighted by Gasteiger charge is -2.33. The van der Waals surface area contributed by atoms with Crippen molar-refractivity contribution in [3.8, 4) is 11.4 Å². The Morgan fingerprint density at radius 3 is 2.64 bits per heavy atom. The molecular weight excluding hydrogens is 436 g/mol. The molecule has 2 heterocycles. The van der Waals surface area contributed by atoms with E-state index in [1.807, 2.05) is 11.6 Å². The van der Waals surface area contributed by atoms with E-state index in [4.69, 9.17) is 4.74 Å². The van der Waals surface area contributed by atoms with Gasteiger partial charge in [0, 0.05) is 57.6 Å². The number of thioether (sulfide) groups is 1. The van der Waals surface area contributed by atoms with Gasteiger partial charge in [-0.3, -0.25) is 9.69 Å². The van der Waals surface area contributed by atoms with Gasteiger partial charge in [-0.15, -0.1) is 10.2 Å². The summed E-state index contributed by atoms with van der Waals surface area (Å²) < 4.78 is 7.76. The minimum absolute atomic E-state index is 0.0160. The van der Waals surface area contributed by atoms with Gasteiger partial charge in [0.1, 0.15) is 0 Å². The fraction of sp³-hybridized carbons (Fsp3) is 0.625. The molecule has 0 spiro atoms. The van der Waals surface area contributed by atoms with Gasteiger partial charge in [-0.2, -0.15) is 0 Å². The van der Waals surface area contributed by atoms with Gasteiger partial charge in [0.05, 0.1) is 18.5 Å². The summed E-state index contributed by atoms with van der Waals surface area (Å²) in [6.07, 6.45) is 0.0483. The zero-order chi connectivity index (χ0) is 23.8. The van der Waals surface area contributed by atoms with Crippen molar-refractivity contribution in [3.63, 3.8) is 0 Å².